The fraction of sp³-hybridized carbons (Fsp3) is 0.667. The van der Waals surface area contributed by atoms with Crippen LogP contribution in [0.2, 0.25) is 0 Å². The molecule has 0 saturated heterocycles. The van der Waals surface area contributed by atoms with Crippen LogP contribution < -0.4 is 10.1 Å². The lowest BCUT2D eigenvalue weighted by Gasteiger charge is -2.37. The highest BCUT2D eigenvalue weighted by Crippen LogP contribution is 2.63. The van der Waals surface area contributed by atoms with Gasteiger partial charge in [0.25, 0.3) is 0 Å². The minimum absolute atomic E-state index is 0.443. The predicted molar refractivity (Wildman–Crippen MR) is 83.2 cm³/mol. The van der Waals surface area contributed by atoms with Crippen LogP contribution in [0.25, 0.3) is 0 Å². The van der Waals surface area contributed by atoms with E-state index in [1.165, 1.54) is 18.4 Å². The average Bonchev–Trinajstić information content (AvgIpc) is 2.75. The van der Waals surface area contributed by atoms with Crippen molar-refractivity contribution in [2.75, 3.05) is 7.11 Å². The monoisotopic (exact) mass is 273 g/mol. The van der Waals surface area contributed by atoms with Gasteiger partial charge in [0.1, 0.15) is 5.75 Å². The summed E-state index contributed by atoms with van der Waals surface area (Å²) in [5, 5.41) is 3.87. The standard InChI is InChI=1S/C18H27NO/c1-17(2)16(18(17,3)4)19-14-10-13(11-14)12-6-8-15(20-5)9-7-12/h6-9,13-14,16,19H,10-11H2,1-5H3. The van der Waals surface area contributed by atoms with Gasteiger partial charge in [-0.15, -0.1) is 0 Å². The molecule has 0 aromatic heterocycles. The van der Waals surface area contributed by atoms with Crippen molar-refractivity contribution in [2.24, 2.45) is 10.8 Å². The molecule has 0 amide bonds. The number of benzene rings is 1. The van der Waals surface area contributed by atoms with E-state index in [9.17, 15) is 0 Å². The molecule has 0 bridgehead atoms. The molecule has 0 radical (unpaired) electrons. The fourth-order valence-corrected chi connectivity index (χ4v) is 3.75. The van der Waals surface area contributed by atoms with Crippen molar-refractivity contribution in [1.29, 1.82) is 0 Å². The number of nitrogens with one attached hydrogen (secondary N) is 1. The van der Waals surface area contributed by atoms with Crippen LogP contribution in [0.4, 0.5) is 0 Å². The predicted octanol–water partition coefficient (Wildman–Crippen LogP) is 3.97. The molecule has 0 atom stereocenters. The number of ether oxygens (including phenoxy) is 1. The second-order valence-electron chi connectivity index (χ2n) is 7.68. The zero-order valence-electron chi connectivity index (χ0n) is 13.4. The Bertz CT molecular complexity index is 469. The molecule has 1 N–H and O–H groups in total. The summed E-state index contributed by atoms with van der Waals surface area (Å²) in [4.78, 5) is 0. The van der Waals surface area contributed by atoms with Crippen molar-refractivity contribution < 1.29 is 4.74 Å². The van der Waals surface area contributed by atoms with Crippen molar-refractivity contribution in [1.82, 2.24) is 5.32 Å². The summed E-state index contributed by atoms with van der Waals surface area (Å²) in [7, 11) is 1.72. The molecule has 2 aliphatic rings. The van der Waals surface area contributed by atoms with Gasteiger partial charge in [0.15, 0.2) is 0 Å². The van der Waals surface area contributed by atoms with Crippen LogP contribution in [0.3, 0.4) is 0 Å². The Kier molecular flexibility index (Phi) is 3.13. The van der Waals surface area contributed by atoms with Crippen LogP contribution in [-0.4, -0.2) is 19.2 Å². The lowest BCUT2D eigenvalue weighted by Crippen LogP contribution is -2.43. The fourth-order valence-electron chi connectivity index (χ4n) is 3.75. The highest BCUT2D eigenvalue weighted by Gasteiger charge is 2.65. The van der Waals surface area contributed by atoms with Gasteiger partial charge < -0.3 is 10.1 Å². The normalized spacial score (nSPS) is 30.6. The van der Waals surface area contributed by atoms with E-state index in [0.717, 1.165) is 11.7 Å². The molecule has 0 aliphatic heterocycles. The average molecular weight is 273 g/mol. The van der Waals surface area contributed by atoms with E-state index in [4.69, 9.17) is 4.74 Å². The van der Waals surface area contributed by atoms with Gasteiger partial charge >= 0.3 is 0 Å². The molecule has 20 heavy (non-hydrogen) atoms. The Morgan fingerprint density at radius 3 is 2.00 bits per heavy atom. The summed E-state index contributed by atoms with van der Waals surface area (Å²) in [5.41, 5.74) is 2.34. The smallest absolute Gasteiger partial charge is 0.118 e. The van der Waals surface area contributed by atoms with Crippen molar-refractivity contribution in [3.63, 3.8) is 0 Å². The number of hydrogen-bond acceptors (Lipinski definition) is 2. The largest absolute Gasteiger partial charge is 0.497 e. The SMILES string of the molecule is COc1ccc(C2CC(NC3C(C)(C)C3(C)C)C2)cc1. The first-order chi connectivity index (χ1) is 9.36. The molecule has 1 aromatic carbocycles. The lowest BCUT2D eigenvalue weighted by atomic mass is 9.75. The van der Waals surface area contributed by atoms with Crippen molar-refractivity contribution in [2.45, 2.75) is 58.5 Å². The van der Waals surface area contributed by atoms with E-state index in [0.29, 0.717) is 22.9 Å². The molecule has 110 valence electrons. The summed E-state index contributed by atoms with van der Waals surface area (Å²) in [6.07, 6.45) is 2.55. The third kappa shape index (κ3) is 2.05. The Labute approximate surface area is 122 Å². The number of hydrogen-bond donors (Lipinski definition) is 1. The summed E-state index contributed by atoms with van der Waals surface area (Å²) >= 11 is 0. The van der Waals surface area contributed by atoms with Crippen LogP contribution in [0, 0.1) is 10.8 Å². The first-order valence-electron chi connectivity index (χ1n) is 7.76. The quantitative estimate of drug-likeness (QED) is 0.896. The maximum atomic E-state index is 5.22. The summed E-state index contributed by atoms with van der Waals surface area (Å²) < 4.78 is 5.22. The molecule has 2 saturated carbocycles. The van der Waals surface area contributed by atoms with E-state index in [2.05, 4.69) is 57.3 Å². The third-order valence-corrected chi connectivity index (χ3v) is 6.15. The van der Waals surface area contributed by atoms with Crippen molar-refractivity contribution >= 4 is 0 Å². The van der Waals surface area contributed by atoms with Crippen LogP contribution >= 0.6 is 0 Å². The minimum atomic E-state index is 0.443. The second-order valence-corrected chi connectivity index (χ2v) is 7.68. The zero-order chi connectivity index (χ0) is 14.5. The Morgan fingerprint density at radius 1 is 1.00 bits per heavy atom. The van der Waals surface area contributed by atoms with Crippen LogP contribution in [0.1, 0.15) is 52.0 Å². The molecular weight excluding hydrogens is 246 g/mol. The molecule has 1 aromatic rings. The molecule has 2 heteroatoms. The molecular formula is C18H27NO. The molecule has 0 spiro atoms. The first kappa shape index (κ1) is 13.9. The molecule has 2 nitrogen and oxygen atoms in total. The van der Waals surface area contributed by atoms with Gasteiger partial charge in [-0.2, -0.15) is 0 Å². The van der Waals surface area contributed by atoms with Crippen molar-refractivity contribution in [3.05, 3.63) is 29.8 Å². The van der Waals surface area contributed by atoms with E-state index < -0.39 is 0 Å². The minimum Gasteiger partial charge on any atom is -0.497 e. The van der Waals surface area contributed by atoms with Crippen LogP contribution in [0.5, 0.6) is 5.75 Å². The highest BCUT2D eigenvalue weighted by atomic mass is 16.5. The summed E-state index contributed by atoms with van der Waals surface area (Å²) in [6.45, 7) is 9.52. The van der Waals surface area contributed by atoms with Crippen LogP contribution in [0.15, 0.2) is 24.3 Å². The Hall–Kier alpha value is -1.02. The zero-order valence-corrected chi connectivity index (χ0v) is 13.4. The van der Waals surface area contributed by atoms with Crippen LogP contribution in [-0.2, 0) is 0 Å². The van der Waals surface area contributed by atoms with Gasteiger partial charge in [-0.3, -0.25) is 0 Å². The van der Waals surface area contributed by atoms with Gasteiger partial charge in [0, 0.05) is 12.1 Å². The topological polar surface area (TPSA) is 21.3 Å². The maximum Gasteiger partial charge on any atom is 0.118 e. The molecule has 3 rings (SSSR count). The van der Waals surface area contributed by atoms with E-state index >= 15 is 0 Å². The van der Waals surface area contributed by atoms with Gasteiger partial charge in [-0.05, 0) is 47.3 Å². The first-order valence-corrected chi connectivity index (χ1v) is 7.76. The maximum absolute atomic E-state index is 5.22. The molecule has 0 heterocycles. The molecule has 2 aliphatic carbocycles. The number of rotatable bonds is 4. The lowest BCUT2D eigenvalue weighted by molar-refractivity contribution is 0.275. The molecule has 2 fully saturated rings. The summed E-state index contributed by atoms with van der Waals surface area (Å²) in [5.74, 6) is 1.67. The van der Waals surface area contributed by atoms with Gasteiger partial charge in [-0.1, -0.05) is 39.8 Å². The van der Waals surface area contributed by atoms with Gasteiger partial charge in [-0.25, -0.2) is 0 Å². The van der Waals surface area contributed by atoms with E-state index in [-0.39, 0.29) is 0 Å². The van der Waals surface area contributed by atoms with Gasteiger partial charge in [0.2, 0.25) is 0 Å². The van der Waals surface area contributed by atoms with E-state index in [1.54, 1.807) is 7.11 Å². The number of methoxy groups -OCH3 is 1. The second kappa shape index (κ2) is 4.49. The Morgan fingerprint density at radius 2 is 1.55 bits per heavy atom. The van der Waals surface area contributed by atoms with Crippen molar-refractivity contribution in [3.8, 4) is 5.75 Å². The molecule has 0 unspecified atom stereocenters. The van der Waals surface area contributed by atoms with Gasteiger partial charge in [0.05, 0.1) is 7.11 Å². The Balaban J connectivity index is 1.52. The third-order valence-electron chi connectivity index (χ3n) is 6.15. The summed E-state index contributed by atoms with van der Waals surface area (Å²) in [6, 6.07) is 9.95. The highest BCUT2D eigenvalue weighted by molar-refractivity contribution is 5.31. The van der Waals surface area contributed by atoms with E-state index in [1.807, 2.05) is 0 Å².